The minimum Gasteiger partial charge on any atom is -0.494 e. The van der Waals surface area contributed by atoms with Crippen molar-refractivity contribution in [3.63, 3.8) is 0 Å². The molecule has 0 amide bonds. The van der Waals surface area contributed by atoms with Crippen molar-refractivity contribution < 1.29 is 17.9 Å². The van der Waals surface area contributed by atoms with Gasteiger partial charge in [-0.1, -0.05) is 0 Å². The minimum atomic E-state index is -4.11. The van der Waals surface area contributed by atoms with Crippen LogP contribution in [0.1, 0.15) is 12.8 Å². The van der Waals surface area contributed by atoms with Crippen molar-refractivity contribution >= 4 is 10.9 Å². The summed E-state index contributed by atoms with van der Waals surface area (Å²) in [4.78, 5) is 0. The Morgan fingerprint density at radius 3 is 2.88 bits per heavy atom. The molecule has 2 rings (SSSR count). The maximum absolute atomic E-state index is 11.9. The molecular formula is C11H11F3N2O. The van der Waals surface area contributed by atoms with Crippen LogP contribution < -0.4 is 4.74 Å². The molecule has 0 saturated carbocycles. The highest BCUT2D eigenvalue weighted by Gasteiger charge is 2.26. The first kappa shape index (κ1) is 11.8. The van der Waals surface area contributed by atoms with E-state index in [0.717, 1.165) is 10.9 Å². The average Bonchev–Trinajstić information content (AvgIpc) is 2.70. The molecule has 0 unspecified atom stereocenters. The number of H-pyrrole nitrogens is 1. The largest absolute Gasteiger partial charge is 0.494 e. The summed E-state index contributed by atoms with van der Waals surface area (Å²) in [6.45, 7) is 0.0547. The number of hydrogen-bond acceptors (Lipinski definition) is 2. The van der Waals surface area contributed by atoms with E-state index in [2.05, 4.69) is 10.2 Å². The highest BCUT2D eigenvalue weighted by Crippen LogP contribution is 2.22. The summed E-state index contributed by atoms with van der Waals surface area (Å²) in [5.74, 6) is 0.545. The van der Waals surface area contributed by atoms with Crippen molar-refractivity contribution in [3.8, 4) is 5.75 Å². The third kappa shape index (κ3) is 3.37. The van der Waals surface area contributed by atoms with E-state index in [-0.39, 0.29) is 13.0 Å². The van der Waals surface area contributed by atoms with Crippen LogP contribution >= 0.6 is 0 Å². The Morgan fingerprint density at radius 1 is 1.29 bits per heavy atom. The second-order valence-electron chi connectivity index (χ2n) is 3.69. The minimum absolute atomic E-state index is 0.0372. The molecule has 1 N–H and O–H groups in total. The first-order valence-electron chi connectivity index (χ1n) is 5.17. The second-order valence-corrected chi connectivity index (χ2v) is 3.69. The Kier molecular flexibility index (Phi) is 3.21. The van der Waals surface area contributed by atoms with Gasteiger partial charge in [-0.2, -0.15) is 18.3 Å². The van der Waals surface area contributed by atoms with Crippen molar-refractivity contribution in [3.05, 3.63) is 24.4 Å². The lowest BCUT2D eigenvalue weighted by atomic mass is 10.2. The Balaban J connectivity index is 1.86. The molecule has 0 atom stereocenters. The highest BCUT2D eigenvalue weighted by molar-refractivity contribution is 5.79. The van der Waals surface area contributed by atoms with Gasteiger partial charge in [0.25, 0.3) is 0 Å². The molecule has 0 aliphatic carbocycles. The average molecular weight is 244 g/mol. The van der Waals surface area contributed by atoms with Crippen LogP contribution in [0, 0.1) is 0 Å². The molecule has 0 aliphatic rings. The fourth-order valence-electron chi connectivity index (χ4n) is 1.47. The molecule has 92 valence electrons. The molecule has 3 nitrogen and oxygen atoms in total. The molecule has 0 saturated heterocycles. The first-order valence-corrected chi connectivity index (χ1v) is 5.17. The number of aromatic amines is 1. The van der Waals surface area contributed by atoms with Gasteiger partial charge in [0.1, 0.15) is 5.75 Å². The van der Waals surface area contributed by atoms with Crippen LogP contribution in [0.5, 0.6) is 5.75 Å². The van der Waals surface area contributed by atoms with Gasteiger partial charge in [-0.3, -0.25) is 5.10 Å². The smallest absolute Gasteiger partial charge is 0.389 e. The number of benzene rings is 1. The molecule has 0 radical (unpaired) electrons. The highest BCUT2D eigenvalue weighted by atomic mass is 19.4. The Bertz CT molecular complexity index is 493. The molecule has 2 aromatic rings. The zero-order valence-electron chi connectivity index (χ0n) is 8.92. The summed E-state index contributed by atoms with van der Waals surface area (Å²) in [6.07, 6.45) is -3.30. The van der Waals surface area contributed by atoms with Gasteiger partial charge in [0, 0.05) is 17.9 Å². The van der Waals surface area contributed by atoms with Crippen molar-refractivity contribution in [2.45, 2.75) is 19.0 Å². The van der Waals surface area contributed by atoms with E-state index in [1.807, 2.05) is 0 Å². The number of fused-ring (bicyclic) bond motifs is 1. The van der Waals surface area contributed by atoms with E-state index in [1.165, 1.54) is 0 Å². The standard InChI is InChI=1S/C11H11F3N2O/c12-11(13,14)4-1-5-17-9-3-2-8-7-15-16-10(8)6-9/h2-3,6-7H,1,4-5H2,(H,15,16). The summed E-state index contributed by atoms with van der Waals surface area (Å²) in [5, 5.41) is 7.54. The van der Waals surface area contributed by atoms with Crippen LogP contribution in [0.2, 0.25) is 0 Å². The molecule has 0 spiro atoms. The summed E-state index contributed by atoms with van der Waals surface area (Å²) in [7, 11) is 0. The van der Waals surface area contributed by atoms with Crippen molar-refractivity contribution in [2.75, 3.05) is 6.61 Å². The van der Waals surface area contributed by atoms with Gasteiger partial charge in [0.15, 0.2) is 0 Å². The van der Waals surface area contributed by atoms with E-state index >= 15 is 0 Å². The van der Waals surface area contributed by atoms with Crippen LogP contribution in [0.15, 0.2) is 24.4 Å². The molecule has 0 fully saturated rings. The van der Waals surface area contributed by atoms with Crippen LogP contribution in [0.25, 0.3) is 10.9 Å². The number of ether oxygens (including phenoxy) is 1. The van der Waals surface area contributed by atoms with Crippen molar-refractivity contribution in [2.24, 2.45) is 0 Å². The molecule has 17 heavy (non-hydrogen) atoms. The Hall–Kier alpha value is -1.72. The number of rotatable bonds is 4. The van der Waals surface area contributed by atoms with Gasteiger partial charge in [-0.25, -0.2) is 0 Å². The number of halogens is 3. The summed E-state index contributed by atoms with van der Waals surface area (Å²) >= 11 is 0. The number of nitrogens with zero attached hydrogens (tertiary/aromatic N) is 1. The molecule has 1 heterocycles. The fraction of sp³-hybridized carbons (Fsp3) is 0.364. The van der Waals surface area contributed by atoms with Crippen LogP contribution in [-0.4, -0.2) is 23.0 Å². The maximum atomic E-state index is 11.9. The van der Waals surface area contributed by atoms with Crippen LogP contribution in [0.4, 0.5) is 13.2 Å². The van der Waals surface area contributed by atoms with Crippen LogP contribution in [-0.2, 0) is 0 Å². The van der Waals surface area contributed by atoms with Gasteiger partial charge in [-0.05, 0) is 18.6 Å². The number of hydrogen-bond donors (Lipinski definition) is 1. The first-order chi connectivity index (χ1) is 8.04. The second kappa shape index (κ2) is 4.65. The summed E-state index contributed by atoms with van der Waals surface area (Å²) < 4.78 is 40.9. The summed E-state index contributed by atoms with van der Waals surface area (Å²) in [5.41, 5.74) is 0.804. The summed E-state index contributed by atoms with van der Waals surface area (Å²) in [6, 6.07) is 5.24. The van der Waals surface area contributed by atoms with Gasteiger partial charge in [0.2, 0.25) is 0 Å². The predicted octanol–water partition coefficient (Wildman–Crippen LogP) is 3.28. The van der Waals surface area contributed by atoms with Crippen LogP contribution in [0.3, 0.4) is 0 Å². The van der Waals surface area contributed by atoms with E-state index in [9.17, 15) is 13.2 Å². The van der Waals surface area contributed by atoms with Gasteiger partial charge < -0.3 is 4.74 Å². The number of alkyl halides is 3. The molecule has 1 aromatic carbocycles. The zero-order chi connectivity index (χ0) is 12.3. The lowest BCUT2D eigenvalue weighted by Crippen LogP contribution is -2.09. The monoisotopic (exact) mass is 244 g/mol. The zero-order valence-corrected chi connectivity index (χ0v) is 8.92. The topological polar surface area (TPSA) is 37.9 Å². The maximum Gasteiger partial charge on any atom is 0.389 e. The SMILES string of the molecule is FC(F)(F)CCCOc1ccc2cn[nH]c2c1. The third-order valence-electron chi connectivity index (χ3n) is 2.29. The number of nitrogens with one attached hydrogen (secondary N) is 1. The van der Waals surface area contributed by atoms with Gasteiger partial charge >= 0.3 is 6.18 Å². The molecule has 1 aromatic heterocycles. The lowest BCUT2D eigenvalue weighted by molar-refractivity contribution is -0.136. The normalized spacial score (nSPS) is 11.9. The fourth-order valence-corrected chi connectivity index (χ4v) is 1.47. The molecular weight excluding hydrogens is 233 g/mol. The van der Waals surface area contributed by atoms with E-state index in [1.54, 1.807) is 24.4 Å². The molecule has 0 aliphatic heterocycles. The van der Waals surface area contributed by atoms with E-state index in [4.69, 9.17) is 4.74 Å². The van der Waals surface area contributed by atoms with Gasteiger partial charge in [0.05, 0.1) is 18.3 Å². The van der Waals surface area contributed by atoms with Crippen molar-refractivity contribution in [1.29, 1.82) is 0 Å². The third-order valence-corrected chi connectivity index (χ3v) is 2.29. The quantitative estimate of drug-likeness (QED) is 0.838. The van der Waals surface area contributed by atoms with E-state index in [0.29, 0.717) is 5.75 Å². The predicted molar refractivity (Wildman–Crippen MR) is 56.9 cm³/mol. The number of aromatic nitrogens is 2. The van der Waals surface area contributed by atoms with E-state index < -0.39 is 12.6 Å². The molecule has 6 heteroatoms. The molecule has 0 bridgehead atoms. The van der Waals surface area contributed by atoms with Gasteiger partial charge in [-0.15, -0.1) is 0 Å². The lowest BCUT2D eigenvalue weighted by Gasteiger charge is -2.08. The van der Waals surface area contributed by atoms with Crippen molar-refractivity contribution in [1.82, 2.24) is 10.2 Å². The Morgan fingerprint density at radius 2 is 2.12 bits per heavy atom. The Labute approximate surface area is 95.6 Å².